The van der Waals surface area contributed by atoms with Crippen LogP contribution < -0.4 is 4.74 Å². The van der Waals surface area contributed by atoms with E-state index in [0.717, 1.165) is 4.47 Å². The van der Waals surface area contributed by atoms with Crippen LogP contribution in [0.25, 0.3) is 0 Å². The molecule has 0 aliphatic heterocycles. The van der Waals surface area contributed by atoms with Crippen LogP contribution in [0.15, 0.2) is 41.1 Å². The van der Waals surface area contributed by atoms with Gasteiger partial charge in [-0.25, -0.2) is 4.79 Å². The maximum absolute atomic E-state index is 11.1. The summed E-state index contributed by atoms with van der Waals surface area (Å²) in [5.74, 6) is -0.539. The highest BCUT2D eigenvalue weighted by Crippen LogP contribution is 2.30. The predicted molar refractivity (Wildman–Crippen MR) is 70.4 cm³/mol. The summed E-state index contributed by atoms with van der Waals surface area (Å²) in [6.45, 7) is 0. The molecule has 0 unspecified atom stereocenters. The summed E-state index contributed by atoms with van der Waals surface area (Å²) in [5.41, 5.74) is -0.0702. The number of rotatable bonds is 3. The van der Waals surface area contributed by atoms with Crippen LogP contribution in [0.1, 0.15) is 10.4 Å². The molecular formula is C12H7BrClNO3. The molecule has 0 saturated carbocycles. The average Bonchev–Trinajstić information content (AvgIpc) is 2.28. The molecule has 0 fully saturated rings. The van der Waals surface area contributed by atoms with Crippen LogP contribution in [0.2, 0.25) is 5.02 Å². The van der Waals surface area contributed by atoms with Gasteiger partial charge in [-0.05, 0) is 34.1 Å². The van der Waals surface area contributed by atoms with Gasteiger partial charge in [0.25, 0.3) is 0 Å². The van der Waals surface area contributed by atoms with Crippen molar-refractivity contribution in [1.82, 2.24) is 4.98 Å². The van der Waals surface area contributed by atoms with Crippen molar-refractivity contribution < 1.29 is 14.6 Å². The Morgan fingerprint density at radius 1 is 1.39 bits per heavy atom. The molecule has 6 heteroatoms. The van der Waals surface area contributed by atoms with Crippen molar-refractivity contribution in [3.63, 3.8) is 0 Å². The fourth-order valence-corrected chi connectivity index (χ4v) is 1.96. The third kappa shape index (κ3) is 2.80. The molecule has 1 aromatic carbocycles. The monoisotopic (exact) mass is 327 g/mol. The Morgan fingerprint density at radius 3 is 2.83 bits per heavy atom. The Bertz CT molecular complexity index is 604. The van der Waals surface area contributed by atoms with Crippen LogP contribution in [0.5, 0.6) is 11.5 Å². The zero-order valence-corrected chi connectivity index (χ0v) is 11.3. The molecule has 0 amide bonds. The molecule has 0 radical (unpaired) electrons. The number of carboxylic acids is 1. The summed E-state index contributed by atoms with van der Waals surface area (Å²) in [5, 5.41) is 9.22. The van der Waals surface area contributed by atoms with Crippen molar-refractivity contribution in [1.29, 1.82) is 0 Å². The van der Waals surface area contributed by atoms with E-state index in [9.17, 15) is 4.79 Å². The number of hydrogen-bond donors (Lipinski definition) is 1. The first kappa shape index (κ1) is 12.9. The molecule has 4 nitrogen and oxygen atoms in total. The molecule has 2 aromatic rings. The minimum Gasteiger partial charge on any atom is -0.478 e. The van der Waals surface area contributed by atoms with Crippen LogP contribution in [0.3, 0.4) is 0 Å². The lowest BCUT2D eigenvalue weighted by Crippen LogP contribution is -2.01. The van der Waals surface area contributed by atoms with Crippen LogP contribution in [0.4, 0.5) is 0 Å². The van der Waals surface area contributed by atoms with Gasteiger partial charge in [-0.15, -0.1) is 0 Å². The smallest absolute Gasteiger partial charge is 0.341 e. The molecule has 1 N–H and O–H groups in total. The molecule has 0 aliphatic carbocycles. The molecule has 0 bridgehead atoms. The second-order valence-corrected chi connectivity index (χ2v) is 4.68. The summed E-state index contributed by atoms with van der Waals surface area (Å²) < 4.78 is 6.21. The third-order valence-corrected chi connectivity index (χ3v) is 2.85. The Morgan fingerprint density at radius 2 is 2.17 bits per heavy atom. The van der Waals surface area contributed by atoms with Crippen molar-refractivity contribution >= 4 is 33.5 Å². The second kappa shape index (κ2) is 5.37. The summed E-state index contributed by atoms with van der Waals surface area (Å²) in [4.78, 5) is 15.0. The van der Waals surface area contributed by atoms with Crippen molar-refractivity contribution in [2.75, 3.05) is 0 Å². The lowest BCUT2D eigenvalue weighted by molar-refractivity contribution is 0.0694. The van der Waals surface area contributed by atoms with E-state index < -0.39 is 5.97 Å². The van der Waals surface area contributed by atoms with Gasteiger partial charge in [-0.2, -0.15) is 0 Å². The summed E-state index contributed by atoms with van der Waals surface area (Å²) in [6.07, 6.45) is 3.08. The number of carboxylic acid groups (broad SMARTS) is 1. The molecule has 1 aromatic heterocycles. The highest BCUT2D eigenvalue weighted by atomic mass is 79.9. The van der Waals surface area contributed by atoms with Gasteiger partial charge in [0.05, 0.1) is 11.2 Å². The molecule has 0 aliphatic rings. The molecule has 0 saturated heterocycles. The predicted octanol–water partition coefficient (Wildman–Crippen LogP) is 3.99. The molecule has 0 spiro atoms. The Balaban J connectivity index is 2.40. The summed E-state index contributed by atoms with van der Waals surface area (Å²) >= 11 is 9.09. The van der Waals surface area contributed by atoms with Gasteiger partial charge < -0.3 is 9.84 Å². The highest BCUT2D eigenvalue weighted by Gasteiger charge is 2.16. The number of halogens is 2. The van der Waals surface area contributed by atoms with E-state index in [2.05, 4.69) is 20.9 Å². The fraction of sp³-hybridized carbons (Fsp3) is 0. The number of pyridine rings is 1. The fourth-order valence-electron chi connectivity index (χ4n) is 1.37. The van der Waals surface area contributed by atoms with Gasteiger partial charge in [-0.1, -0.05) is 17.7 Å². The lowest BCUT2D eigenvalue weighted by atomic mass is 10.2. The van der Waals surface area contributed by atoms with E-state index in [1.165, 1.54) is 18.3 Å². The van der Waals surface area contributed by atoms with Gasteiger partial charge in [0.2, 0.25) is 0 Å². The summed E-state index contributed by atoms with van der Waals surface area (Å²) in [6, 6.07) is 6.34. The maximum Gasteiger partial charge on any atom is 0.341 e. The normalized spacial score (nSPS) is 10.1. The Kier molecular flexibility index (Phi) is 3.84. The number of benzene rings is 1. The van der Waals surface area contributed by atoms with Gasteiger partial charge in [-0.3, -0.25) is 4.98 Å². The number of hydrogen-bond acceptors (Lipinski definition) is 3. The highest BCUT2D eigenvalue weighted by molar-refractivity contribution is 9.10. The van der Waals surface area contributed by atoms with Crippen molar-refractivity contribution in [2.45, 2.75) is 0 Å². The minimum absolute atomic E-state index is 0.0702. The van der Waals surface area contributed by atoms with Crippen molar-refractivity contribution in [2.24, 2.45) is 0 Å². The second-order valence-electron chi connectivity index (χ2n) is 3.36. The number of aromatic nitrogens is 1. The van der Waals surface area contributed by atoms with Crippen LogP contribution in [-0.2, 0) is 0 Å². The van der Waals surface area contributed by atoms with E-state index in [0.29, 0.717) is 5.75 Å². The van der Waals surface area contributed by atoms with E-state index in [1.54, 1.807) is 18.3 Å². The maximum atomic E-state index is 11.1. The zero-order valence-electron chi connectivity index (χ0n) is 8.93. The first-order valence-electron chi connectivity index (χ1n) is 4.88. The van der Waals surface area contributed by atoms with Crippen LogP contribution in [0, 0.1) is 0 Å². The van der Waals surface area contributed by atoms with Crippen molar-refractivity contribution in [3.05, 3.63) is 51.7 Å². The van der Waals surface area contributed by atoms with Crippen LogP contribution in [-0.4, -0.2) is 16.1 Å². The molecule has 1 heterocycles. The Labute approximate surface area is 116 Å². The molecular weight excluding hydrogens is 321 g/mol. The van der Waals surface area contributed by atoms with Gasteiger partial charge in [0.1, 0.15) is 17.1 Å². The SMILES string of the molecule is O=C(O)c1c(Cl)cccc1Oc1cncc(Br)c1. The van der Waals surface area contributed by atoms with E-state index in [4.69, 9.17) is 21.4 Å². The standard InChI is InChI=1S/C12H7BrClNO3/c13-7-4-8(6-15-5-7)18-10-3-1-2-9(14)11(10)12(16)17/h1-6H,(H,16,17). The molecule has 0 atom stereocenters. The quantitative estimate of drug-likeness (QED) is 0.925. The number of ether oxygens (including phenoxy) is 1. The molecule has 18 heavy (non-hydrogen) atoms. The lowest BCUT2D eigenvalue weighted by Gasteiger charge is -2.09. The summed E-state index contributed by atoms with van der Waals surface area (Å²) in [7, 11) is 0. The van der Waals surface area contributed by atoms with Gasteiger partial charge >= 0.3 is 5.97 Å². The zero-order chi connectivity index (χ0) is 13.1. The Hall–Kier alpha value is -1.59. The van der Waals surface area contributed by atoms with Crippen LogP contribution >= 0.6 is 27.5 Å². The number of aromatic carboxylic acids is 1. The average molecular weight is 329 g/mol. The van der Waals surface area contributed by atoms with E-state index in [-0.39, 0.29) is 16.3 Å². The van der Waals surface area contributed by atoms with Gasteiger partial charge in [0.15, 0.2) is 0 Å². The molecule has 92 valence electrons. The molecule has 2 rings (SSSR count). The number of carbonyl (C=O) groups is 1. The topological polar surface area (TPSA) is 59.4 Å². The largest absolute Gasteiger partial charge is 0.478 e. The first-order valence-corrected chi connectivity index (χ1v) is 6.05. The van der Waals surface area contributed by atoms with Crippen molar-refractivity contribution in [3.8, 4) is 11.5 Å². The number of nitrogens with zero attached hydrogens (tertiary/aromatic N) is 1. The minimum atomic E-state index is -1.14. The van der Waals surface area contributed by atoms with Gasteiger partial charge in [0, 0.05) is 10.7 Å². The van der Waals surface area contributed by atoms with E-state index >= 15 is 0 Å². The van der Waals surface area contributed by atoms with E-state index in [1.807, 2.05) is 0 Å². The third-order valence-electron chi connectivity index (χ3n) is 2.10. The first-order chi connectivity index (χ1) is 8.58.